The van der Waals surface area contributed by atoms with E-state index in [-0.39, 0.29) is 6.54 Å². The van der Waals surface area contributed by atoms with Gasteiger partial charge in [0.2, 0.25) is 0 Å². The highest BCUT2D eigenvalue weighted by Crippen LogP contribution is 2.29. The molecule has 7 nitrogen and oxygen atoms in total. The number of amides is 1. The number of carbonyl (C=O) groups is 1. The molecule has 0 spiro atoms. The van der Waals surface area contributed by atoms with Gasteiger partial charge in [0, 0.05) is 25.2 Å². The number of aromatic nitrogens is 3. The Kier molecular flexibility index (Phi) is 4.39. The Labute approximate surface area is 155 Å². The van der Waals surface area contributed by atoms with Crippen molar-refractivity contribution in [1.29, 1.82) is 0 Å². The van der Waals surface area contributed by atoms with Crippen molar-refractivity contribution < 1.29 is 14.3 Å². The number of halogens is 1. The van der Waals surface area contributed by atoms with Crippen molar-refractivity contribution in [2.75, 3.05) is 18.0 Å². The number of aryl methyl sites for hydroxylation is 1. The lowest BCUT2D eigenvalue weighted by Gasteiger charge is -2.14. The molecular weight excluding hydrogens is 349 g/mol. The zero-order valence-electron chi connectivity index (χ0n) is 14.9. The maximum atomic E-state index is 13.5. The fraction of sp³-hybridized carbons (Fsp3) is 0.316. The van der Waals surface area contributed by atoms with Gasteiger partial charge < -0.3 is 15.3 Å². The Morgan fingerprint density at radius 3 is 2.96 bits per heavy atom. The van der Waals surface area contributed by atoms with Gasteiger partial charge in [-0.05, 0) is 36.6 Å². The van der Waals surface area contributed by atoms with Gasteiger partial charge in [-0.15, -0.1) is 0 Å². The van der Waals surface area contributed by atoms with E-state index >= 15 is 0 Å². The molecule has 3 heterocycles. The summed E-state index contributed by atoms with van der Waals surface area (Å²) in [6, 6.07) is 7.80. The highest BCUT2D eigenvalue weighted by Gasteiger charge is 2.23. The summed E-state index contributed by atoms with van der Waals surface area (Å²) < 4.78 is 15.3. The van der Waals surface area contributed by atoms with Gasteiger partial charge in [0.1, 0.15) is 12.5 Å². The van der Waals surface area contributed by atoms with Crippen LogP contribution in [0.4, 0.5) is 14.9 Å². The molecule has 1 aliphatic heterocycles. The molecule has 1 aliphatic rings. The van der Waals surface area contributed by atoms with Crippen LogP contribution in [-0.4, -0.2) is 45.1 Å². The van der Waals surface area contributed by atoms with Crippen LogP contribution in [0, 0.1) is 6.92 Å². The fourth-order valence-electron chi connectivity index (χ4n) is 3.48. The van der Waals surface area contributed by atoms with Crippen molar-refractivity contribution >= 4 is 17.3 Å². The summed E-state index contributed by atoms with van der Waals surface area (Å²) in [4.78, 5) is 17.2. The molecule has 27 heavy (non-hydrogen) atoms. The predicted molar refractivity (Wildman–Crippen MR) is 99.8 cm³/mol. The number of hydrogen-bond acceptors (Lipinski definition) is 4. The van der Waals surface area contributed by atoms with Gasteiger partial charge in [0.15, 0.2) is 0 Å². The third kappa shape index (κ3) is 3.42. The van der Waals surface area contributed by atoms with Crippen LogP contribution in [0.2, 0.25) is 0 Å². The monoisotopic (exact) mass is 369 g/mol. The van der Waals surface area contributed by atoms with Gasteiger partial charge in [0.05, 0.1) is 23.1 Å². The van der Waals surface area contributed by atoms with E-state index in [2.05, 4.69) is 15.4 Å². The zero-order valence-corrected chi connectivity index (χ0v) is 14.9. The molecule has 4 rings (SSSR count). The van der Waals surface area contributed by atoms with Crippen LogP contribution in [0.25, 0.3) is 16.8 Å². The van der Waals surface area contributed by atoms with Gasteiger partial charge in [-0.1, -0.05) is 12.1 Å². The first kappa shape index (κ1) is 17.3. The second-order valence-corrected chi connectivity index (χ2v) is 6.77. The number of carboxylic acid groups (broad SMARTS) is 1. The van der Waals surface area contributed by atoms with Crippen molar-refractivity contribution in [2.45, 2.75) is 26.1 Å². The largest absolute Gasteiger partial charge is 0.465 e. The Bertz CT molecular complexity index is 1000. The topological polar surface area (TPSA) is 82.8 Å². The molecule has 2 aromatic heterocycles. The first-order chi connectivity index (χ1) is 13.0. The molecule has 1 saturated heterocycles. The molecule has 0 radical (unpaired) electrons. The summed E-state index contributed by atoms with van der Waals surface area (Å²) in [5.74, 6) is 0. The van der Waals surface area contributed by atoms with Crippen molar-refractivity contribution in [3.63, 3.8) is 0 Å². The molecule has 1 atom stereocenters. The molecule has 0 saturated carbocycles. The van der Waals surface area contributed by atoms with Crippen LogP contribution in [0.5, 0.6) is 0 Å². The Balaban J connectivity index is 1.68. The highest BCUT2D eigenvalue weighted by atomic mass is 19.1. The summed E-state index contributed by atoms with van der Waals surface area (Å²) in [6.07, 6.45) is 2.12. The molecule has 1 fully saturated rings. The SMILES string of the molecule is Cc1cc(-c2ncnn3cc(N4CCC(F)C4)cc23)ccc1CNC(=O)O. The Morgan fingerprint density at radius 1 is 1.41 bits per heavy atom. The number of nitrogens with one attached hydrogen (secondary N) is 1. The summed E-state index contributed by atoms with van der Waals surface area (Å²) in [5, 5.41) is 15.4. The maximum absolute atomic E-state index is 13.5. The molecule has 3 aromatic rings. The van der Waals surface area contributed by atoms with Crippen molar-refractivity contribution in [3.8, 4) is 11.3 Å². The number of fused-ring (bicyclic) bond motifs is 1. The molecule has 8 heteroatoms. The van der Waals surface area contributed by atoms with E-state index in [1.54, 1.807) is 4.52 Å². The van der Waals surface area contributed by atoms with Gasteiger partial charge >= 0.3 is 6.09 Å². The maximum Gasteiger partial charge on any atom is 0.404 e. The molecule has 2 N–H and O–H groups in total. The molecule has 1 unspecified atom stereocenters. The van der Waals surface area contributed by atoms with Crippen LogP contribution in [0.15, 0.2) is 36.8 Å². The predicted octanol–water partition coefficient (Wildman–Crippen LogP) is 3.02. The van der Waals surface area contributed by atoms with Crippen LogP contribution in [-0.2, 0) is 6.54 Å². The van der Waals surface area contributed by atoms with E-state index in [1.165, 1.54) is 6.33 Å². The van der Waals surface area contributed by atoms with Gasteiger partial charge in [0.25, 0.3) is 0 Å². The lowest BCUT2D eigenvalue weighted by Crippen LogP contribution is -2.20. The van der Waals surface area contributed by atoms with E-state index in [0.29, 0.717) is 19.5 Å². The van der Waals surface area contributed by atoms with E-state index in [0.717, 1.165) is 33.6 Å². The third-order valence-corrected chi connectivity index (χ3v) is 4.93. The quantitative estimate of drug-likeness (QED) is 0.739. The average Bonchev–Trinajstić information content (AvgIpc) is 3.26. The lowest BCUT2D eigenvalue weighted by molar-refractivity contribution is 0.194. The smallest absolute Gasteiger partial charge is 0.404 e. The Morgan fingerprint density at radius 2 is 2.26 bits per heavy atom. The molecule has 0 aliphatic carbocycles. The first-order valence-corrected chi connectivity index (χ1v) is 8.80. The number of rotatable bonds is 4. The van der Waals surface area contributed by atoms with E-state index in [4.69, 9.17) is 5.11 Å². The molecule has 1 amide bonds. The van der Waals surface area contributed by atoms with Crippen LogP contribution < -0.4 is 10.2 Å². The molecule has 0 bridgehead atoms. The summed E-state index contributed by atoms with van der Waals surface area (Å²) in [7, 11) is 0. The van der Waals surface area contributed by atoms with Crippen molar-refractivity contribution in [2.24, 2.45) is 0 Å². The number of anilines is 1. The first-order valence-electron chi connectivity index (χ1n) is 8.80. The lowest BCUT2D eigenvalue weighted by atomic mass is 10.0. The minimum Gasteiger partial charge on any atom is -0.465 e. The molecular formula is C19H20FN5O2. The average molecular weight is 369 g/mol. The van der Waals surface area contributed by atoms with E-state index in [9.17, 15) is 9.18 Å². The van der Waals surface area contributed by atoms with E-state index in [1.807, 2.05) is 42.3 Å². The summed E-state index contributed by atoms with van der Waals surface area (Å²) >= 11 is 0. The number of nitrogens with zero attached hydrogens (tertiary/aromatic N) is 4. The van der Waals surface area contributed by atoms with E-state index < -0.39 is 12.3 Å². The number of alkyl halides is 1. The number of benzene rings is 1. The minimum atomic E-state index is -1.05. The van der Waals surface area contributed by atoms with Gasteiger partial charge in [-0.2, -0.15) is 5.10 Å². The Hall–Kier alpha value is -3.16. The normalized spacial score (nSPS) is 16.8. The summed E-state index contributed by atoms with van der Waals surface area (Å²) in [6.45, 7) is 3.31. The van der Waals surface area contributed by atoms with Crippen molar-refractivity contribution in [3.05, 3.63) is 47.9 Å². The van der Waals surface area contributed by atoms with Crippen LogP contribution >= 0.6 is 0 Å². The second-order valence-electron chi connectivity index (χ2n) is 6.77. The van der Waals surface area contributed by atoms with Crippen molar-refractivity contribution in [1.82, 2.24) is 19.9 Å². The van der Waals surface area contributed by atoms with Crippen LogP contribution in [0.1, 0.15) is 17.5 Å². The fourth-order valence-corrected chi connectivity index (χ4v) is 3.48. The third-order valence-electron chi connectivity index (χ3n) is 4.93. The molecule has 1 aromatic carbocycles. The summed E-state index contributed by atoms with van der Waals surface area (Å²) in [5.41, 5.74) is 5.39. The highest BCUT2D eigenvalue weighted by molar-refractivity contribution is 5.80. The van der Waals surface area contributed by atoms with Gasteiger partial charge in [-0.25, -0.2) is 18.7 Å². The van der Waals surface area contributed by atoms with Crippen LogP contribution in [0.3, 0.4) is 0 Å². The minimum absolute atomic E-state index is 0.259. The van der Waals surface area contributed by atoms with Gasteiger partial charge in [-0.3, -0.25) is 0 Å². The standard InChI is InChI=1S/C19H20FN5O2/c1-12-6-13(2-3-14(12)8-21-19(26)27)18-17-7-16(10-25(17)23-11-22-18)24-5-4-15(20)9-24/h2-3,6-7,10-11,15,21H,4-5,8-9H2,1H3,(H,26,27). The zero-order chi connectivity index (χ0) is 19.0. The second kappa shape index (κ2) is 6.86. The number of hydrogen-bond donors (Lipinski definition) is 2. The molecule has 140 valence electrons.